The fourth-order valence-corrected chi connectivity index (χ4v) is 8.54. The van der Waals surface area contributed by atoms with Crippen molar-refractivity contribution >= 4 is 29.1 Å². The summed E-state index contributed by atoms with van der Waals surface area (Å²) in [6.45, 7) is 0. The Labute approximate surface area is 184 Å². The molecular weight excluding hydrogens is 478 g/mol. The second kappa shape index (κ2) is 9.19. The van der Waals surface area contributed by atoms with Crippen LogP contribution in [0.1, 0.15) is 12.8 Å². The number of carboxylic acids is 1. The minimum absolute atomic E-state index is 0. The van der Waals surface area contributed by atoms with Gasteiger partial charge in [-0.15, -0.1) is 0 Å². The SMILES string of the molecule is O=C(O)C1CC1CC[P+](c1ccccc1)(c1ccccc1)c1ccccc1.[I-]. The third kappa shape index (κ3) is 4.16. The van der Waals surface area contributed by atoms with Crippen LogP contribution in [0.4, 0.5) is 0 Å². The Morgan fingerprint density at radius 3 is 1.50 bits per heavy atom. The van der Waals surface area contributed by atoms with E-state index in [0.717, 1.165) is 19.0 Å². The van der Waals surface area contributed by atoms with Gasteiger partial charge in [0.25, 0.3) is 0 Å². The average molecular weight is 502 g/mol. The van der Waals surface area contributed by atoms with Gasteiger partial charge in [-0.2, -0.15) is 0 Å². The van der Waals surface area contributed by atoms with Gasteiger partial charge in [0.1, 0.15) is 23.2 Å². The highest BCUT2D eigenvalue weighted by Crippen LogP contribution is 2.58. The lowest BCUT2D eigenvalue weighted by atomic mass is 10.2. The number of carboxylic acid groups (broad SMARTS) is 1. The van der Waals surface area contributed by atoms with Gasteiger partial charge in [-0.3, -0.25) is 4.79 Å². The number of benzene rings is 3. The lowest BCUT2D eigenvalue weighted by molar-refractivity contribution is -0.138. The highest BCUT2D eigenvalue weighted by atomic mass is 127. The van der Waals surface area contributed by atoms with E-state index < -0.39 is 13.2 Å². The van der Waals surface area contributed by atoms with Crippen molar-refractivity contribution in [3.05, 3.63) is 91.0 Å². The average Bonchev–Trinajstić information content (AvgIpc) is 3.51. The Hall–Kier alpha value is -1.71. The van der Waals surface area contributed by atoms with Crippen LogP contribution >= 0.6 is 7.26 Å². The first-order chi connectivity index (χ1) is 13.2. The van der Waals surface area contributed by atoms with Gasteiger partial charge in [0.05, 0.1) is 12.1 Å². The summed E-state index contributed by atoms with van der Waals surface area (Å²) < 4.78 is 0. The largest absolute Gasteiger partial charge is 1.00 e. The van der Waals surface area contributed by atoms with Gasteiger partial charge in [0, 0.05) is 0 Å². The summed E-state index contributed by atoms with van der Waals surface area (Å²) in [7, 11) is -1.82. The van der Waals surface area contributed by atoms with Gasteiger partial charge in [-0.1, -0.05) is 54.6 Å². The molecule has 1 aliphatic rings. The van der Waals surface area contributed by atoms with Crippen LogP contribution in [0.15, 0.2) is 91.0 Å². The van der Waals surface area contributed by atoms with Crippen molar-refractivity contribution in [1.82, 2.24) is 0 Å². The van der Waals surface area contributed by atoms with Crippen molar-refractivity contribution in [3.8, 4) is 0 Å². The molecule has 3 aromatic rings. The van der Waals surface area contributed by atoms with E-state index in [1.807, 2.05) is 0 Å². The molecule has 4 heteroatoms. The Kier molecular flexibility index (Phi) is 6.90. The molecule has 1 fully saturated rings. The van der Waals surface area contributed by atoms with Crippen LogP contribution in [0.3, 0.4) is 0 Å². The lowest BCUT2D eigenvalue weighted by Gasteiger charge is -2.27. The summed E-state index contributed by atoms with van der Waals surface area (Å²) in [5.74, 6) is -0.463. The molecule has 4 rings (SSSR count). The Bertz CT molecular complexity index is 803. The van der Waals surface area contributed by atoms with E-state index in [1.165, 1.54) is 15.9 Å². The molecule has 144 valence electrons. The first-order valence-corrected chi connectivity index (χ1v) is 11.5. The van der Waals surface area contributed by atoms with E-state index >= 15 is 0 Å². The van der Waals surface area contributed by atoms with E-state index in [1.54, 1.807) is 0 Å². The highest BCUT2D eigenvalue weighted by molar-refractivity contribution is 7.95. The maximum atomic E-state index is 11.3. The van der Waals surface area contributed by atoms with Gasteiger partial charge in [-0.05, 0) is 55.2 Å². The fraction of sp³-hybridized carbons (Fsp3) is 0.208. The van der Waals surface area contributed by atoms with Crippen LogP contribution in [-0.4, -0.2) is 17.2 Å². The molecule has 2 unspecified atom stereocenters. The molecule has 3 aromatic carbocycles. The summed E-state index contributed by atoms with van der Waals surface area (Å²) in [6.07, 6.45) is 2.80. The highest BCUT2D eigenvalue weighted by Gasteiger charge is 2.49. The molecule has 0 saturated heterocycles. The summed E-state index contributed by atoms with van der Waals surface area (Å²) >= 11 is 0. The quantitative estimate of drug-likeness (QED) is 0.388. The second-order valence-corrected chi connectivity index (χ2v) is 10.9. The van der Waals surface area contributed by atoms with Crippen molar-refractivity contribution in [2.75, 3.05) is 6.16 Å². The normalized spacial score (nSPS) is 18.1. The molecule has 0 amide bonds. The van der Waals surface area contributed by atoms with E-state index in [9.17, 15) is 9.90 Å². The number of rotatable bonds is 7. The molecule has 0 heterocycles. The molecule has 0 radical (unpaired) electrons. The van der Waals surface area contributed by atoms with Crippen molar-refractivity contribution < 1.29 is 33.9 Å². The number of aliphatic carboxylic acids is 1. The van der Waals surface area contributed by atoms with E-state index in [4.69, 9.17) is 0 Å². The predicted octanol–water partition coefficient (Wildman–Crippen LogP) is 1.10. The first-order valence-electron chi connectivity index (χ1n) is 9.49. The van der Waals surface area contributed by atoms with Gasteiger partial charge in [0.2, 0.25) is 0 Å². The molecule has 2 atom stereocenters. The summed E-state index contributed by atoms with van der Waals surface area (Å²) in [6, 6.07) is 32.4. The third-order valence-corrected chi connectivity index (χ3v) is 10.1. The van der Waals surface area contributed by atoms with Crippen LogP contribution in [-0.2, 0) is 4.79 Å². The molecule has 28 heavy (non-hydrogen) atoms. The van der Waals surface area contributed by atoms with Crippen molar-refractivity contribution in [2.45, 2.75) is 12.8 Å². The standard InChI is InChI=1S/C24H23O2P.HI/c25-24(26)23-18-19(23)16-17-27(20-10-4-1-5-11-20,21-12-6-2-7-13-21)22-14-8-3-9-15-22;/h1-15,19,23H,16-18H2;1H. The molecule has 0 spiro atoms. The van der Waals surface area contributed by atoms with Gasteiger partial charge >= 0.3 is 5.97 Å². The Morgan fingerprint density at radius 1 is 0.786 bits per heavy atom. The predicted molar refractivity (Wildman–Crippen MR) is 114 cm³/mol. The van der Waals surface area contributed by atoms with Crippen LogP contribution in [0.2, 0.25) is 0 Å². The third-order valence-electron chi connectivity index (χ3n) is 5.67. The second-order valence-electron chi connectivity index (χ2n) is 7.27. The molecular formula is C24H24IO2P. The minimum atomic E-state index is -1.82. The molecule has 0 aromatic heterocycles. The Balaban J connectivity index is 0.00000225. The Morgan fingerprint density at radius 2 is 1.18 bits per heavy atom. The topological polar surface area (TPSA) is 37.3 Å². The van der Waals surface area contributed by atoms with Crippen LogP contribution in [0, 0.1) is 11.8 Å². The number of hydrogen-bond donors (Lipinski definition) is 1. The van der Waals surface area contributed by atoms with E-state index in [2.05, 4.69) is 91.0 Å². The molecule has 1 N–H and O–H groups in total. The fourth-order valence-electron chi connectivity index (χ4n) is 4.11. The van der Waals surface area contributed by atoms with E-state index in [-0.39, 0.29) is 29.9 Å². The van der Waals surface area contributed by atoms with E-state index in [0.29, 0.717) is 5.92 Å². The number of hydrogen-bond acceptors (Lipinski definition) is 1. The summed E-state index contributed by atoms with van der Waals surface area (Å²) in [4.78, 5) is 11.3. The zero-order valence-electron chi connectivity index (χ0n) is 15.6. The maximum Gasteiger partial charge on any atom is 0.306 e. The molecule has 1 saturated carbocycles. The molecule has 0 bridgehead atoms. The minimum Gasteiger partial charge on any atom is -1.00 e. The number of carbonyl (C=O) groups is 1. The van der Waals surface area contributed by atoms with Crippen LogP contribution in [0.25, 0.3) is 0 Å². The van der Waals surface area contributed by atoms with Gasteiger partial charge in [-0.25, -0.2) is 0 Å². The van der Waals surface area contributed by atoms with Crippen LogP contribution < -0.4 is 39.9 Å². The zero-order chi connectivity index (χ0) is 18.7. The van der Waals surface area contributed by atoms with Crippen LogP contribution in [0.5, 0.6) is 0 Å². The monoisotopic (exact) mass is 502 g/mol. The van der Waals surface area contributed by atoms with Crippen molar-refractivity contribution in [3.63, 3.8) is 0 Å². The lowest BCUT2D eigenvalue weighted by Crippen LogP contribution is -3.00. The van der Waals surface area contributed by atoms with Gasteiger partial charge < -0.3 is 29.1 Å². The maximum absolute atomic E-state index is 11.3. The number of halogens is 1. The summed E-state index contributed by atoms with van der Waals surface area (Å²) in [5.41, 5.74) is 0. The van der Waals surface area contributed by atoms with Crippen molar-refractivity contribution in [1.29, 1.82) is 0 Å². The van der Waals surface area contributed by atoms with Gasteiger partial charge in [0.15, 0.2) is 0 Å². The zero-order valence-corrected chi connectivity index (χ0v) is 18.7. The first kappa shape index (κ1) is 21.0. The molecule has 2 nitrogen and oxygen atoms in total. The van der Waals surface area contributed by atoms with Crippen molar-refractivity contribution in [2.24, 2.45) is 11.8 Å². The smallest absolute Gasteiger partial charge is 0.306 e. The molecule has 1 aliphatic carbocycles. The summed E-state index contributed by atoms with van der Waals surface area (Å²) in [5, 5.41) is 13.4. The molecule has 0 aliphatic heterocycles.